The Hall–Kier alpha value is -2.68. The summed E-state index contributed by atoms with van der Waals surface area (Å²) in [5.74, 6) is 1.16. The summed E-state index contributed by atoms with van der Waals surface area (Å²) in [6.07, 6.45) is 10.5. The molecule has 1 aromatic heterocycles. The number of nitrogens with one attached hydrogen (secondary N) is 1. The number of aliphatic hydroxyl groups excluding tert-OH is 1. The van der Waals surface area contributed by atoms with Gasteiger partial charge in [-0.3, -0.25) is 4.98 Å². The van der Waals surface area contributed by atoms with Crippen LogP contribution in [0.3, 0.4) is 0 Å². The number of rotatable bonds is 6. The second kappa shape index (κ2) is 12.4. The van der Waals surface area contributed by atoms with E-state index < -0.39 is 29.7 Å². The smallest absolute Gasteiger partial charge is 0.419 e. The van der Waals surface area contributed by atoms with E-state index in [0.717, 1.165) is 49.8 Å². The number of carbonyl (C=O) groups excluding carboxylic acids is 2. The van der Waals surface area contributed by atoms with Gasteiger partial charge in [-0.05, 0) is 143 Å². The van der Waals surface area contributed by atoms with Crippen molar-refractivity contribution in [2.45, 2.75) is 137 Å². The molecule has 9 nitrogen and oxygen atoms in total. The predicted octanol–water partition coefficient (Wildman–Crippen LogP) is 7.07. The lowest BCUT2D eigenvalue weighted by Gasteiger charge is -2.65. The van der Waals surface area contributed by atoms with Crippen molar-refractivity contribution in [2.75, 3.05) is 0 Å². The van der Waals surface area contributed by atoms with Crippen LogP contribution in [0, 0.1) is 45.8 Å². The first-order valence-corrected chi connectivity index (χ1v) is 17.5. The monoisotopic (exact) mass is 639 g/mol. The summed E-state index contributed by atoms with van der Waals surface area (Å²) in [5, 5.41) is 24.2. The molecule has 256 valence electrons. The van der Waals surface area contributed by atoms with Crippen LogP contribution in [-0.2, 0) is 16.0 Å². The molecule has 1 unspecified atom stereocenters. The number of carboxylic acid groups (broad SMARTS) is 1. The van der Waals surface area contributed by atoms with Gasteiger partial charge in [0.05, 0.1) is 6.10 Å². The van der Waals surface area contributed by atoms with Crippen molar-refractivity contribution in [1.82, 2.24) is 15.2 Å². The first-order valence-electron chi connectivity index (χ1n) is 17.5. The van der Waals surface area contributed by atoms with Gasteiger partial charge in [0, 0.05) is 24.9 Å². The predicted molar refractivity (Wildman–Crippen MR) is 176 cm³/mol. The van der Waals surface area contributed by atoms with Crippen LogP contribution in [0.25, 0.3) is 0 Å². The van der Waals surface area contributed by atoms with Gasteiger partial charge in [-0.25, -0.2) is 19.3 Å². The van der Waals surface area contributed by atoms with Gasteiger partial charge in [-0.2, -0.15) is 0 Å². The molecule has 0 bridgehead atoms. The van der Waals surface area contributed by atoms with Gasteiger partial charge in [-0.15, -0.1) is 0 Å². The van der Waals surface area contributed by atoms with Crippen molar-refractivity contribution in [1.29, 1.82) is 0 Å². The molecule has 3 amide bonds. The Morgan fingerprint density at radius 1 is 0.957 bits per heavy atom. The molecule has 1 heterocycles. The number of pyridine rings is 1. The van der Waals surface area contributed by atoms with Crippen LogP contribution in [0.4, 0.5) is 9.59 Å². The maximum atomic E-state index is 13.9. The number of fused-ring (bicyclic) bond motifs is 5. The molecule has 4 saturated carbocycles. The highest BCUT2D eigenvalue weighted by Gasteiger charge is 2.64. The molecule has 3 N–H and O–H groups in total. The molecule has 10 atom stereocenters. The number of amides is 3. The van der Waals surface area contributed by atoms with E-state index in [2.05, 4.69) is 38.0 Å². The second-order valence-corrected chi connectivity index (χ2v) is 17.1. The highest BCUT2D eigenvalue weighted by molar-refractivity contribution is 5.96. The summed E-state index contributed by atoms with van der Waals surface area (Å²) in [5.41, 5.74) is 0.0637. The molecule has 1 aromatic rings. The molecule has 0 radical (unpaired) electrons. The van der Waals surface area contributed by atoms with Gasteiger partial charge in [0.2, 0.25) is 0 Å². The van der Waals surface area contributed by atoms with Crippen LogP contribution < -0.4 is 5.32 Å². The van der Waals surface area contributed by atoms with E-state index in [4.69, 9.17) is 4.74 Å². The number of nitrogens with zero attached hydrogens (tertiary/aromatic N) is 2. The summed E-state index contributed by atoms with van der Waals surface area (Å²) >= 11 is 0. The van der Waals surface area contributed by atoms with E-state index in [1.807, 2.05) is 6.92 Å². The zero-order valence-corrected chi connectivity index (χ0v) is 29.2. The Labute approximate surface area is 275 Å². The molecule has 0 aliphatic heterocycles. The third-order valence-electron chi connectivity index (χ3n) is 13.2. The fourth-order valence-electron chi connectivity index (χ4n) is 10.9. The van der Waals surface area contributed by atoms with Crippen molar-refractivity contribution in [3.05, 3.63) is 30.1 Å². The summed E-state index contributed by atoms with van der Waals surface area (Å²) in [4.78, 5) is 44.7. The van der Waals surface area contributed by atoms with Crippen LogP contribution in [0.5, 0.6) is 0 Å². The summed E-state index contributed by atoms with van der Waals surface area (Å²) in [7, 11) is 0. The normalized spacial score (nSPS) is 36.3. The largest absolute Gasteiger partial charge is 0.480 e. The van der Waals surface area contributed by atoms with Gasteiger partial charge >= 0.3 is 18.1 Å². The Morgan fingerprint density at radius 3 is 2.17 bits per heavy atom. The number of urea groups is 1. The van der Waals surface area contributed by atoms with Crippen molar-refractivity contribution >= 4 is 18.1 Å². The van der Waals surface area contributed by atoms with E-state index in [9.17, 15) is 24.6 Å². The van der Waals surface area contributed by atoms with Crippen LogP contribution in [0.1, 0.15) is 112 Å². The summed E-state index contributed by atoms with van der Waals surface area (Å²) in [6, 6.07) is 0.949. The fourth-order valence-corrected chi connectivity index (χ4v) is 10.9. The minimum Gasteiger partial charge on any atom is -0.480 e. The quantitative estimate of drug-likeness (QED) is 0.304. The highest BCUT2D eigenvalue weighted by Crippen LogP contribution is 2.70. The number of aromatic nitrogens is 1. The third-order valence-corrected chi connectivity index (χ3v) is 13.2. The lowest BCUT2D eigenvalue weighted by atomic mass is 9.40. The molecule has 4 aliphatic carbocycles. The number of hydrogen-bond acceptors (Lipinski definition) is 6. The molecule has 5 rings (SSSR count). The van der Waals surface area contributed by atoms with Crippen LogP contribution >= 0.6 is 0 Å². The van der Waals surface area contributed by atoms with E-state index >= 15 is 0 Å². The average Bonchev–Trinajstić information content (AvgIpc) is 3.32. The van der Waals surface area contributed by atoms with E-state index in [-0.39, 0.29) is 40.7 Å². The number of carbonyl (C=O) groups is 3. The van der Waals surface area contributed by atoms with Crippen LogP contribution in [0.15, 0.2) is 24.5 Å². The second-order valence-electron chi connectivity index (χ2n) is 17.1. The fraction of sp³-hybridized carbons (Fsp3) is 0.784. The van der Waals surface area contributed by atoms with Gasteiger partial charge < -0.3 is 20.3 Å². The number of hydrogen-bond donors (Lipinski definition) is 3. The van der Waals surface area contributed by atoms with E-state index in [0.29, 0.717) is 29.2 Å². The lowest BCUT2D eigenvalue weighted by Crippen LogP contribution is -2.60. The molecule has 4 fully saturated rings. The first-order chi connectivity index (χ1) is 21.4. The van der Waals surface area contributed by atoms with Gasteiger partial charge in [0.15, 0.2) is 0 Å². The molecule has 0 aromatic carbocycles. The average molecular weight is 640 g/mol. The van der Waals surface area contributed by atoms with Gasteiger partial charge in [-0.1, -0.05) is 27.7 Å². The van der Waals surface area contributed by atoms with Crippen LogP contribution in [-0.4, -0.2) is 62.0 Å². The zero-order valence-electron chi connectivity index (χ0n) is 29.2. The van der Waals surface area contributed by atoms with Crippen molar-refractivity contribution in [3.63, 3.8) is 0 Å². The van der Waals surface area contributed by atoms with Crippen molar-refractivity contribution < 1.29 is 29.3 Å². The molecule has 4 aliphatic rings. The van der Waals surface area contributed by atoms with Gasteiger partial charge in [0.1, 0.15) is 11.6 Å². The molecular weight excluding hydrogens is 582 g/mol. The Bertz CT molecular complexity index is 1300. The zero-order chi connectivity index (χ0) is 33.8. The SMILES string of the molecule is C[C@H](NC(=O)N(C(=O)OC(C)(C)C)C(Cc1ccncc1)C(=O)O)[C@H]1CC[C@]2(C)[C@@H]1CC[C@H]1[C@H]2CC[C@H]2C(C)(C)[C@@H](O)CC[C@]12C. The van der Waals surface area contributed by atoms with Crippen LogP contribution in [0.2, 0.25) is 0 Å². The number of carboxylic acids is 1. The summed E-state index contributed by atoms with van der Waals surface area (Å²) in [6.45, 7) is 16.6. The topological polar surface area (TPSA) is 129 Å². The molecule has 46 heavy (non-hydrogen) atoms. The minimum atomic E-state index is -1.44. The van der Waals surface area contributed by atoms with E-state index in [1.165, 1.54) is 6.42 Å². The third kappa shape index (κ3) is 6.17. The maximum absolute atomic E-state index is 13.9. The highest BCUT2D eigenvalue weighted by atomic mass is 16.6. The Kier molecular flexibility index (Phi) is 9.34. The standard InChI is InChI=1S/C37H57N3O6/c1-22(39-32(44)40(33(45)46-34(2,3)4)28(31(42)43)21-23-15-19-38-20-16-23)24-13-17-36(7)25(24)9-10-27-26(36)11-12-29-35(5,6)30(41)14-18-37(27,29)8/h15-16,19-20,22,24-30,41H,9-14,17-18,21H2,1-8H3,(H,39,44)(H,42,43)/t22-,24+,25+,26+,27-,28?,29-,30-,36+,37+/m0/s1. The lowest BCUT2D eigenvalue weighted by molar-refractivity contribution is -0.184. The van der Waals surface area contributed by atoms with E-state index in [1.54, 1.807) is 45.3 Å². The van der Waals surface area contributed by atoms with Crippen molar-refractivity contribution in [3.8, 4) is 0 Å². The molecule has 9 heteroatoms. The maximum Gasteiger partial charge on any atom is 0.419 e. The van der Waals surface area contributed by atoms with Crippen molar-refractivity contribution in [2.24, 2.45) is 45.8 Å². The first kappa shape index (κ1) is 34.6. The van der Waals surface area contributed by atoms with Gasteiger partial charge in [0.25, 0.3) is 0 Å². The Balaban J connectivity index is 1.34. The number of aliphatic hydroxyl groups is 1. The number of aliphatic carboxylic acids is 1. The summed E-state index contributed by atoms with van der Waals surface area (Å²) < 4.78 is 5.57. The number of imide groups is 1. The Morgan fingerprint density at radius 2 is 1.54 bits per heavy atom. The minimum absolute atomic E-state index is 0.0559. The molecule has 0 spiro atoms. The number of ether oxygens (including phenoxy) is 1. The molecular formula is C37H57N3O6. The molecule has 0 saturated heterocycles.